The van der Waals surface area contributed by atoms with Crippen molar-refractivity contribution in [2.24, 2.45) is 0 Å². The molecule has 0 aliphatic heterocycles. The van der Waals surface area contributed by atoms with E-state index in [2.05, 4.69) is 4.74 Å². The van der Waals surface area contributed by atoms with Gasteiger partial charge in [0.2, 0.25) is 0 Å². The summed E-state index contributed by atoms with van der Waals surface area (Å²) in [6.45, 7) is 0. The Labute approximate surface area is 76.3 Å². The van der Waals surface area contributed by atoms with Gasteiger partial charge >= 0.3 is 12.3 Å². The van der Waals surface area contributed by atoms with Crippen molar-refractivity contribution in [1.82, 2.24) is 0 Å². The Balaban J connectivity index is 0.000000223. The van der Waals surface area contributed by atoms with E-state index >= 15 is 0 Å². The van der Waals surface area contributed by atoms with Gasteiger partial charge in [-0.05, 0) is 0 Å². The van der Waals surface area contributed by atoms with Gasteiger partial charge in [-0.15, -0.1) is 0 Å². The zero-order chi connectivity index (χ0) is 10.1. The Bertz CT molecular complexity index is 138. The molecule has 1 fully saturated rings. The van der Waals surface area contributed by atoms with Crippen LogP contribution in [0.25, 0.3) is 0 Å². The predicted molar refractivity (Wildman–Crippen MR) is 44.8 cm³/mol. The Morgan fingerprint density at radius 1 is 0.769 bits per heavy atom. The molecule has 0 atom stereocenters. The summed E-state index contributed by atoms with van der Waals surface area (Å²) in [6, 6.07) is 0. The van der Waals surface area contributed by atoms with Crippen LogP contribution in [0.5, 0.6) is 0 Å². The smallest absolute Gasteiger partial charge is 0.449 e. The number of carbonyl (C=O) groups is 2. The van der Waals surface area contributed by atoms with Crippen LogP contribution in [0.3, 0.4) is 0 Å². The van der Waals surface area contributed by atoms with Crippen LogP contribution in [-0.2, 0) is 4.74 Å². The van der Waals surface area contributed by atoms with Crippen LogP contribution in [0.1, 0.15) is 38.5 Å². The monoisotopic (exact) mass is 190 g/mol. The summed E-state index contributed by atoms with van der Waals surface area (Å²) >= 11 is 0. The lowest BCUT2D eigenvalue weighted by molar-refractivity contribution is 0.0802. The van der Waals surface area contributed by atoms with E-state index in [0.717, 1.165) is 0 Å². The van der Waals surface area contributed by atoms with Crippen molar-refractivity contribution in [2.75, 3.05) is 0 Å². The lowest BCUT2D eigenvalue weighted by Crippen LogP contribution is -2.05. The zero-order valence-corrected chi connectivity index (χ0v) is 7.36. The van der Waals surface area contributed by atoms with Gasteiger partial charge in [-0.2, -0.15) is 0 Å². The molecule has 0 radical (unpaired) electrons. The topological polar surface area (TPSA) is 83.8 Å². The fourth-order valence-electron chi connectivity index (χ4n) is 1.14. The molecule has 0 aromatic heterocycles. The average Bonchev–Trinajstić information content (AvgIpc) is 2.06. The molecule has 5 nitrogen and oxygen atoms in total. The molecule has 0 heterocycles. The minimum Gasteiger partial charge on any atom is -0.449 e. The largest absolute Gasteiger partial charge is 0.516 e. The summed E-state index contributed by atoms with van der Waals surface area (Å²) < 4.78 is 3.08. The van der Waals surface area contributed by atoms with Gasteiger partial charge in [-0.25, -0.2) is 9.59 Å². The molecule has 13 heavy (non-hydrogen) atoms. The molecule has 0 saturated heterocycles. The standard InChI is InChI=1S/C6H12.C2H2O5/c1-2-4-6-5-3-1;3-1(4)7-2(5)6/h1-6H2;(H,3,4)(H,5,6). The maximum atomic E-state index is 9.21. The molecule has 76 valence electrons. The van der Waals surface area contributed by atoms with Gasteiger partial charge in [0.1, 0.15) is 0 Å². The molecular weight excluding hydrogens is 176 g/mol. The molecule has 0 bridgehead atoms. The van der Waals surface area contributed by atoms with Crippen molar-refractivity contribution in [3.8, 4) is 0 Å². The molecule has 1 rings (SSSR count). The van der Waals surface area contributed by atoms with Gasteiger partial charge in [-0.1, -0.05) is 38.5 Å². The molecule has 0 aromatic carbocycles. The van der Waals surface area contributed by atoms with Crippen LogP contribution in [0.15, 0.2) is 0 Å². The highest BCUT2D eigenvalue weighted by Crippen LogP contribution is 2.15. The summed E-state index contributed by atoms with van der Waals surface area (Å²) in [5, 5.41) is 15.0. The zero-order valence-electron chi connectivity index (χ0n) is 7.36. The first kappa shape index (κ1) is 11.7. The summed E-state index contributed by atoms with van der Waals surface area (Å²) in [6.07, 6.45) is 5.38. The van der Waals surface area contributed by atoms with Crippen LogP contribution < -0.4 is 0 Å². The van der Waals surface area contributed by atoms with Crippen LogP contribution in [0, 0.1) is 0 Å². The quantitative estimate of drug-likeness (QED) is 0.453. The van der Waals surface area contributed by atoms with E-state index in [-0.39, 0.29) is 0 Å². The van der Waals surface area contributed by atoms with Crippen molar-refractivity contribution >= 4 is 12.3 Å². The average molecular weight is 190 g/mol. The molecule has 2 N–H and O–H groups in total. The van der Waals surface area contributed by atoms with Crippen molar-refractivity contribution in [3.05, 3.63) is 0 Å². The lowest BCUT2D eigenvalue weighted by Gasteiger charge is -2.05. The first-order valence-electron chi connectivity index (χ1n) is 4.26. The fraction of sp³-hybridized carbons (Fsp3) is 0.750. The molecule has 0 unspecified atom stereocenters. The molecule has 5 heteroatoms. The van der Waals surface area contributed by atoms with Crippen LogP contribution in [-0.4, -0.2) is 22.5 Å². The highest BCUT2D eigenvalue weighted by Gasteiger charge is 2.01. The van der Waals surface area contributed by atoms with Crippen molar-refractivity contribution in [2.45, 2.75) is 38.5 Å². The maximum absolute atomic E-state index is 9.21. The summed E-state index contributed by atoms with van der Waals surface area (Å²) in [5.41, 5.74) is 0. The molecule has 1 saturated carbocycles. The van der Waals surface area contributed by atoms with Gasteiger partial charge in [-0.3, -0.25) is 0 Å². The maximum Gasteiger partial charge on any atom is 0.516 e. The first-order valence-corrected chi connectivity index (χ1v) is 4.26. The van der Waals surface area contributed by atoms with E-state index < -0.39 is 12.3 Å². The fourth-order valence-corrected chi connectivity index (χ4v) is 1.14. The number of rotatable bonds is 0. The minimum atomic E-state index is -1.81. The summed E-state index contributed by atoms with van der Waals surface area (Å²) in [7, 11) is 0. The van der Waals surface area contributed by atoms with Gasteiger partial charge in [0.25, 0.3) is 0 Å². The van der Waals surface area contributed by atoms with E-state index in [9.17, 15) is 9.59 Å². The normalized spacial score (nSPS) is 15.1. The van der Waals surface area contributed by atoms with Crippen molar-refractivity contribution in [3.63, 3.8) is 0 Å². The second-order valence-electron chi connectivity index (χ2n) is 2.76. The molecule has 1 aliphatic carbocycles. The van der Waals surface area contributed by atoms with Crippen molar-refractivity contribution in [1.29, 1.82) is 0 Å². The van der Waals surface area contributed by atoms with Gasteiger partial charge in [0.05, 0.1) is 0 Å². The molecule has 0 amide bonds. The van der Waals surface area contributed by atoms with Gasteiger partial charge in [0.15, 0.2) is 0 Å². The van der Waals surface area contributed by atoms with E-state index in [1.165, 1.54) is 38.5 Å². The summed E-state index contributed by atoms with van der Waals surface area (Å²) in [4.78, 5) is 18.4. The van der Waals surface area contributed by atoms with E-state index in [1.807, 2.05) is 0 Å². The Morgan fingerprint density at radius 3 is 1.08 bits per heavy atom. The van der Waals surface area contributed by atoms with Crippen LogP contribution in [0.2, 0.25) is 0 Å². The van der Waals surface area contributed by atoms with Gasteiger partial charge < -0.3 is 14.9 Å². The third-order valence-electron chi connectivity index (χ3n) is 1.67. The third kappa shape index (κ3) is 10.7. The Kier molecular flexibility index (Phi) is 6.68. The molecule has 1 aliphatic rings. The minimum absolute atomic E-state index is 1.50. The first-order chi connectivity index (χ1) is 6.13. The lowest BCUT2D eigenvalue weighted by atomic mass is 10.0. The highest BCUT2D eigenvalue weighted by atomic mass is 16.7. The number of hydrogen-bond donors (Lipinski definition) is 2. The number of ether oxygens (including phenoxy) is 1. The SMILES string of the molecule is C1CCCCC1.O=C(O)OC(=O)O. The second kappa shape index (κ2) is 7.39. The Hall–Kier alpha value is -1.26. The van der Waals surface area contributed by atoms with E-state index in [4.69, 9.17) is 10.2 Å². The van der Waals surface area contributed by atoms with Crippen molar-refractivity contribution < 1.29 is 24.5 Å². The van der Waals surface area contributed by atoms with Gasteiger partial charge in [0, 0.05) is 0 Å². The van der Waals surface area contributed by atoms with E-state index in [1.54, 1.807) is 0 Å². The highest BCUT2D eigenvalue weighted by molar-refractivity contribution is 5.74. The van der Waals surface area contributed by atoms with Crippen LogP contribution in [0.4, 0.5) is 9.59 Å². The Morgan fingerprint density at radius 2 is 1.00 bits per heavy atom. The van der Waals surface area contributed by atoms with Crippen LogP contribution >= 0.6 is 0 Å². The van der Waals surface area contributed by atoms with E-state index in [0.29, 0.717) is 0 Å². The number of carboxylic acid groups (broad SMARTS) is 2. The number of hydrogen-bond acceptors (Lipinski definition) is 3. The molecule has 0 spiro atoms. The third-order valence-corrected chi connectivity index (χ3v) is 1.67. The second-order valence-corrected chi connectivity index (χ2v) is 2.76. The molecular formula is C8H14O5. The summed E-state index contributed by atoms with van der Waals surface area (Å²) in [5.74, 6) is 0. The predicted octanol–water partition coefficient (Wildman–Crippen LogP) is 2.70. The molecule has 0 aromatic rings.